The van der Waals surface area contributed by atoms with Gasteiger partial charge in [0.05, 0.1) is 5.69 Å². The van der Waals surface area contributed by atoms with Gasteiger partial charge < -0.3 is 0 Å². The summed E-state index contributed by atoms with van der Waals surface area (Å²) in [5.74, 6) is 0. The molecule has 0 fully saturated rings. The van der Waals surface area contributed by atoms with Gasteiger partial charge in [0.15, 0.2) is 0 Å². The number of aliphatic imine (C=N–C) groups is 1. The maximum Gasteiger partial charge on any atom is 0.0691 e. The Morgan fingerprint density at radius 1 is 1.00 bits per heavy atom. The average Bonchev–Trinajstić information content (AvgIpc) is 2.40. The highest BCUT2D eigenvalue weighted by atomic mass is 35.5. The molecule has 0 N–H and O–H groups in total. The van der Waals surface area contributed by atoms with Crippen molar-refractivity contribution in [3.63, 3.8) is 0 Å². The molecule has 19 heavy (non-hydrogen) atoms. The van der Waals surface area contributed by atoms with Crippen LogP contribution in [0.1, 0.15) is 30.0 Å². The molecular weight excluding hydrogens is 254 g/mol. The number of para-hydroxylation sites is 1. The number of hydrogen-bond acceptors (Lipinski definition) is 1. The summed E-state index contributed by atoms with van der Waals surface area (Å²) in [6, 6.07) is 14.1. The van der Waals surface area contributed by atoms with Crippen LogP contribution in [-0.4, -0.2) is 5.71 Å². The molecule has 2 heteroatoms. The lowest BCUT2D eigenvalue weighted by Crippen LogP contribution is -1.98. The third-order valence-electron chi connectivity index (χ3n) is 3.20. The minimum Gasteiger partial charge on any atom is -0.252 e. The van der Waals surface area contributed by atoms with Crippen LogP contribution in [-0.2, 0) is 0 Å². The summed E-state index contributed by atoms with van der Waals surface area (Å²) in [4.78, 5) is 4.85. The van der Waals surface area contributed by atoms with Gasteiger partial charge in [-0.2, -0.15) is 0 Å². The van der Waals surface area contributed by atoms with Crippen molar-refractivity contribution >= 4 is 23.0 Å². The van der Waals surface area contributed by atoms with E-state index in [0.717, 1.165) is 28.4 Å². The number of benzene rings is 2. The van der Waals surface area contributed by atoms with Crippen molar-refractivity contribution in [2.24, 2.45) is 4.99 Å². The second kappa shape index (κ2) is 6.03. The molecule has 2 aromatic rings. The molecule has 2 aromatic carbocycles. The number of aryl methyl sites for hydroxylation is 2. The number of rotatable bonds is 3. The van der Waals surface area contributed by atoms with Gasteiger partial charge in [0.25, 0.3) is 0 Å². The van der Waals surface area contributed by atoms with Gasteiger partial charge in [-0.3, -0.25) is 4.99 Å². The fourth-order valence-electron chi connectivity index (χ4n) is 2.11. The van der Waals surface area contributed by atoms with Gasteiger partial charge in [-0.1, -0.05) is 48.9 Å². The Morgan fingerprint density at radius 2 is 1.58 bits per heavy atom. The Labute approximate surface area is 120 Å². The summed E-state index contributed by atoms with van der Waals surface area (Å²) in [5, 5.41) is 0.756. The molecule has 0 aliphatic rings. The van der Waals surface area contributed by atoms with Crippen LogP contribution < -0.4 is 0 Å². The maximum atomic E-state index is 5.93. The van der Waals surface area contributed by atoms with Crippen LogP contribution >= 0.6 is 11.6 Å². The minimum atomic E-state index is 0.756. The lowest BCUT2D eigenvalue weighted by Gasteiger charge is -2.09. The second-order valence-electron chi connectivity index (χ2n) is 4.66. The molecule has 0 aliphatic carbocycles. The Hall–Kier alpha value is -1.60. The van der Waals surface area contributed by atoms with Gasteiger partial charge >= 0.3 is 0 Å². The zero-order valence-electron chi connectivity index (χ0n) is 11.6. The van der Waals surface area contributed by atoms with Gasteiger partial charge in [0, 0.05) is 10.7 Å². The molecule has 0 radical (unpaired) electrons. The highest BCUT2D eigenvalue weighted by Crippen LogP contribution is 2.25. The molecule has 0 spiro atoms. The third kappa shape index (κ3) is 3.24. The molecule has 0 heterocycles. The normalized spacial score (nSPS) is 11.7. The van der Waals surface area contributed by atoms with E-state index in [-0.39, 0.29) is 0 Å². The van der Waals surface area contributed by atoms with Gasteiger partial charge in [0.2, 0.25) is 0 Å². The number of nitrogens with zero attached hydrogens (tertiary/aromatic N) is 1. The van der Waals surface area contributed by atoms with E-state index in [1.165, 1.54) is 11.1 Å². The van der Waals surface area contributed by atoms with E-state index in [1.807, 2.05) is 24.3 Å². The molecule has 1 nitrogen and oxygen atoms in total. The lowest BCUT2D eigenvalue weighted by atomic mass is 10.1. The van der Waals surface area contributed by atoms with Crippen molar-refractivity contribution in [1.29, 1.82) is 0 Å². The summed E-state index contributed by atoms with van der Waals surface area (Å²) in [6.07, 6.45) is 0.898. The molecule has 2 rings (SSSR count). The van der Waals surface area contributed by atoms with E-state index in [0.29, 0.717) is 0 Å². The van der Waals surface area contributed by atoms with Crippen LogP contribution in [0.4, 0.5) is 5.69 Å². The molecule has 0 aromatic heterocycles. The Morgan fingerprint density at radius 3 is 2.11 bits per heavy atom. The molecule has 0 atom stereocenters. The molecule has 0 saturated heterocycles. The Bertz CT molecular complexity index is 577. The molecule has 98 valence electrons. The molecule has 0 saturated carbocycles. The highest BCUT2D eigenvalue weighted by Gasteiger charge is 2.05. The van der Waals surface area contributed by atoms with Gasteiger partial charge in [-0.05, 0) is 49.1 Å². The third-order valence-corrected chi connectivity index (χ3v) is 3.45. The van der Waals surface area contributed by atoms with E-state index in [1.54, 1.807) is 0 Å². The first-order valence-corrected chi connectivity index (χ1v) is 6.89. The lowest BCUT2D eigenvalue weighted by molar-refractivity contribution is 1.24. The van der Waals surface area contributed by atoms with Crippen LogP contribution in [0.15, 0.2) is 47.5 Å². The molecule has 0 bridgehead atoms. The van der Waals surface area contributed by atoms with E-state index in [4.69, 9.17) is 16.6 Å². The number of halogens is 1. The predicted molar refractivity (Wildman–Crippen MR) is 83.9 cm³/mol. The van der Waals surface area contributed by atoms with Crippen LogP contribution in [0.3, 0.4) is 0 Å². The Kier molecular flexibility index (Phi) is 4.39. The number of hydrogen-bond donors (Lipinski definition) is 0. The fraction of sp³-hybridized carbons (Fsp3) is 0.235. The summed E-state index contributed by atoms with van der Waals surface area (Å²) in [6.45, 7) is 6.32. The van der Waals surface area contributed by atoms with Gasteiger partial charge in [0.1, 0.15) is 0 Å². The van der Waals surface area contributed by atoms with Crippen molar-refractivity contribution < 1.29 is 0 Å². The fourth-order valence-corrected chi connectivity index (χ4v) is 2.23. The second-order valence-corrected chi connectivity index (χ2v) is 5.10. The predicted octanol–water partition coefficient (Wildman–Crippen LogP) is 5.49. The van der Waals surface area contributed by atoms with Crippen LogP contribution in [0.5, 0.6) is 0 Å². The van der Waals surface area contributed by atoms with E-state index < -0.39 is 0 Å². The van der Waals surface area contributed by atoms with Gasteiger partial charge in [-0.25, -0.2) is 0 Å². The summed E-state index contributed by atoms with van der Waals surface area (Å²) in [7, 11) is 0. The van der Waals surface area contributed by atoms with Crippen molar-refractivity contribution in [3.8, 4) is 0 Å². The zero-order chi connectivity index (χ0) is 13.8. The van der Waals surface area contributed by atoms with Crippen molar-refractivity contribution in [3.05, 3.63) is 64.2 Å². The first-order valence-electron chi connectivity index (χ1n) is 6.51. The molecule has 0 unspecified atom stereocenters. The molecular formula is C17H18ClN. The largest absolute Gasteiger partial charge is 0.252 e. The maximum absolute atomic E-state index is 5.93. The average molecular weight is 272 g/mol. The van der Waals surface area contributed by atoms with Crippen LogP contribution in [0, 0.1) is 13.8 Å². The SMILES string of the molecule is CCC(=Nc1c(C)cccc1C)c1ccc(Cl)cc1. The Balaban J connectivity index is 2.47. The summed E-state index contributed by atoms with van der Waals surface area (Å²) >= 11 is 5.93. The van der Waals surface area contributed by atoms with Crippen molar-refractivity contribution in [1.82, 2.24) is 0 Å². The summed E-state index contributed by atoms with van der Waals surface area (Å²) in [5.41, 5.74) is 5.72. The monoisotopic (exact) mass is 271 g/mol. The van der Waals surface area contributed by atoms with Gasteiger partial charge in [-0.15, -0.1) is 0 Å². The van der Waals surface area contributed by atoms with Crippen LogP contribution in [0.25, 0.3) is 0 Å². The van der Waals surface area contributed by atoms with Crippen molar-refractivity contribution in [2.75, 3.05) is 0 Å². The van der Waals surface area contributed by atoms with Crippen LogP contribution in [0.2, 0.25) is 5.02 Å². The first kappa shape index (κ1) is 13.8. The van der Waals surface area contributed by atoms with E-state index in [9.17, 15) is 0 Å². The summed E-state index contributed by atoms with van der Waals surface area (Å²) < 4.78 is 0. The van der Waals surface area contributed by atoms with E-state index >= 15 is 0 Å². The molecule has 0 amide bonds. The molecule has 0 aliphatic heterocycles. The topological polar surface area (TPSA) is 12.4 Å². The first-order chi connectivity index (χ1) is 9.11. The zero-order valence-corrected chi connectivity index (χ0v) is 12.3. The van der Waals surface area contributed by atoms with E-state index in [2.05, 4.69) is 39.0 Å². The van der Waals surface area contributed by atoms with Crippen molar-refractivity contribution in [2.45, 2.75) is 27.2 Å². The quantitative estimate of drug-likeness (QED) is 0.655. The minimum absolute atomic E-state index is 0.756. The highest BCUT2D eigenvalue weighted by molar-refractivity contribution is 6.30. The smallest absolute Gasteiger partial charge is 0.0691 e. The standard InChI is InChI=1S/C17H18ClN/c1-4-16(14-8-10-15(18)11-9-14)19-17-12(2)6-5-7-13(17)3/h5-11H,4H2,1-3H3.